The highest BCUT2D eigenvalue weighted by molar-refractivity contribution is 5.77. The van der Waals surface area contributed by atoms with Gasteiger partial charge in [0.05, 0.1) is 28.7 Å². The molecule has 0 aliphatic carbocycles. The number of rotatable bonds is 4. The van der Waals surface area contributed by atoms with E-state index in [4.69, 9.17) is 4.42 Å². The molecule has 0 atom stereocenters. The molecule has 0 saturated heterocycles. The van der Waals surface area contributed by atoms with Crippen molar-refractivity contribution in [1.29, 1.82) is 0 Å². The van der Waals surface area contributed by atoms with Crippen LogP contribution >= 0.6 is 0 Å². The number of aromatic nitrogens is 5. The van der Waals surface area contributed by atoms with E-state index >= 15 is 0 Å². The Kier molecular flexibility index (Phi) is 4.07. The number of hydrogen-bond acceptors (Lipinski definition) is 6. The molecule has 3 aromatic heterocycles. The van der Waals surface area contributed by atoms with Gasteiger partial charge < -0.3 is 4.42 Å². The highest BCUT2D eigenvalue weighted by atomic mass is 19.3. The molecule has 4 aromatic rings. The smallest absolute Gasteiger partial charge is 0.329 e. The van der Waals surface area contributed by atoms with Crippen LogP contribution in [0.5, 0.6) is 0 Å². The predicted octanol–water partition coefficient (Wildman–Crippen LogP) is 2.12. The molecule has 4 rings (SSSR count). The lowest BCUT2D eigenvalue weighted by Crippen LogP contribution is -2.30. The van der Waals surface area contributed by atoms with Gasteiger partial charge in [-0.3, -0.25) is 19.3 Å². The second-order valence-electron chi connectivity index (χ2n) is 5.65. The van der Waals surface area contributed by atoms with Crippen molar-refractivity contribution in [2.45, 2.75) is 13.0 Å². The van der Waals surface area contributed by atoms with Crippen molar-refractivity contribution in [2.75, 3.05) is 0 Å². The lowest BCUT2D eigenvalue weighted by molar-refractivity contribution is 0.116. The number of alkyl halides is 2. The zero-order chi connectivity index (χ0) is 19.0. The van der Waals surface area contributed by atoms with E-state index in [-0.39, 0.29) is 12.4 Å². The number of hydrogen-bond donors (Lipinski definition) is 1. The summed E-state index contributed by atoms with van der Waals surface area (Å²) >= 11 is 0. The quantitative estimate of drug-likeness (QED) is 0.589. The molecular formula is C17H11F2N5O3. The molecule has 3 heterocycles. The molecule has 0 radical (unpaired) electrons. The van der Waals surface area contributed by atoms with E-state index in [0.29, 0.717) is 22.2 Å². The van der Waals surface area contributed by atoms with Crippen LogP contribution in [0.3, 0.4) is 0 Å². The Bertz CT molecular complexity index is 1230. The number of fused-ring (bicyclic) bond motifs is 1. The molecular weight excluding hydrogens is 360 g/mol. The van der Waals surface area contributed by atoms with Gasteiger partial charge in [0, 0.05) is 6.20 Å². The number of halogens is 2. The first-order chi connectivity index (χ1) is 13.0. The van der Waals surface area contributed by atoms with Crippen molar-refractivity contribution >= 4 is 10.9 Å². The van der Waals surface area contributed by atoms with Crippen LogP contribution in [0.1, 0.15) is 18.0 Å². The normalized spacial score (nSPS) is 11.4. The molecule has 0 spiro atoms. The van der Waals surface area contributed by atoms with Gasteiger partial charge in [0.15, 0.2) is 0 Å². The topological polar surface area (TPSA) is 107 Å². The molecule has 0 aliphatic heterocycles. The third-order valence-electron chi connectivity index (χ3n) is 3.92. The molecule has 0 fully saturated rings. The first kappa shape index (κ1) is 16.8. The second-order valence-corrected chi connectivity index (χ2v) is 5.65. The van der Waals surface area contributed by atoms with Crippen LogP contribution in [0.4, 0.5) is 8.78 Å². The first-order valence-electron chi connectivity index (χ1n) is 7.81. The molecule has 10 heteroatoms. The third kappa shape index (κ3) is 3.12. The number of nitrogens with zero attached hydrogens (tertiary/aromatic N) is 4. The summed E-state index contributed by atoms with van der Waals surface area (Å²) in [5.41, 5.74) is 0.364. The number of H-pyrrole nitrogens is 1. The van der Waals surface area contributed by atoms with Crippen LogP contribution in [0.25, 0.3) is 22.4 Å². The maximum atomic E-state index is 12.5. The van der Waals surface area contributed by atoms with Crippen LogP contribution in [0.15, 0.2) is 56.6 Å². The van der Waals surface area contributed by atoms with E-state index in [1.807, 2.05) is 0 Å². The van der Waals surface area contributed by atoms with Crippen LogP contribution < -0.4 is 11.2 Å². The van der Waals surface area contributed by atoms with E-state index in [1.54, 1.807) is 36.4 Å². The van der Waals surface area contributed by atoms with E-state index < -0.39 is 23.6 Å². The van der Waals surface area contributed by atoms with Gasteiger partial charge in [-0.2, -0.15) is 8.78 Å². The van der Waals surface area contributed by atoms with E-state index in [2.05, 4.69) is 20.2 Å². The molecule has 0 saturated carbocycles. The zero-order valence-corrected chi connectivity index (χ0v) is 13.6. The summed E-state index contributed by atoms with van der Waals surface area (Å²) in [5.74, 6) is -0.837. The van der Waals surface area contributed by atoms with Crippen LogP contribution in [-0.4, -0.2) is 24.7 Å². The van der Waals surface area contributed by atoms with Gasteiger partial charge in [0.25, 0.3) is 11.4 Å². The number of para-hydroxylation sites is 1. The van der Waals surface area contributed by atoms with Crippen molar-refractivity contribution in [3.63, 3.8) is 0 Å². The molecule has 0 bridgehead atoms. The Morgan fingerprint density at radius 3 is 2.63 bits per heavy atom. The molecule has 136 valence electrons. The van der Waals surface area contributed by atoms with Gasteiger partial charge in [0.1, 0.15) is 0 Å². The highest BCUT2D eigenvalue weighted by Crippen LogP contribution is 2.22. The van der Waals surface area contributed by atoms with Crippen LogP contribution in [-0.2, 0) is 6.54 Å². The van der Waals surface area contributed by atoms with Gasteiger partial charge in [-0.25, -0.2) is 4.79 Å². The number of pyridine rings is 1. The van der Waals surface area contributed by atoms with Gasteiger partial charge in [0.2, 0.25) is 5.89 Å². The summed E-state index contributed by atoms with van der Waals surface area (Å²) in [5, 5.41) is 7.21. The lowest BCUT2D eigenvalue weighted by atomic mass is 10.2. The van der Waals surface area contributed by atoms with E-state index in [9.17, 15) is 18.4 Å². The van der Waals surface area contributed by atoms with Gasteiger partial charge in [-0.15, -0.1) is 10.2 Å². The Labute approximate surface area is 149 Å². The fourth-order valence-corrected chi connectivity index (χ4v) is 2.65. The molecule has 1 aromatic carbocycles. The SMILES string of the molecule is O=c1[nH]c(=O)n(Cc2ccc(-c3nnc(C(F)F)o3)cn2)c2ccccc12. The van der Waals surface area contributed by atoms with Gasteiger partial charge in [-0.05, 0) is 24.3 Å². The fraction of sp³-hybridized carbons (Fsp3) is 0.118. The van der Waals surface area contributed by atoms with Crippen molar-refractivity contribution in [1.82, 2.24) is 24.7 Å². The molecule has 1 N–H and O–H groups in total. The van der Waals surface area contributed by atoms with Crippen molar-refractivity contribution in [3.8, 4) is 11.5 Å². The zero-order valence-electron chi connectivity index (χ0n) is 13.6. The van der Waals surface area contributed by atoms with Crippen LogP contribution in [0.2, 0.25) is 0 Å². The highest BCUT2D eigenvalue weighted by Gasteiger charge is 2.17. The Morgan fingerprint density at radius 2 is 1.93 bits per heavy atom. The third-order valence-corrected chi connectivity index (χ3v) is 3.92. The summed E-state index contributed by atoms with van der Waals surface area (Å²) in [6.07, 6.45) is -1.46. The summed E-state index contributed by atoms with van der Waals surface area (Å²) in [4.78, 5) is 30.6. The fourth-order valence-electron chi connectivity index (χ4n) is 2.65. The Balaban J connectivity index is 1.67. The minimum Gasteiger partial charge on any atom is -0.415 e. The van der Waals surface area contributed by atoms with E-state index in [1.165, 1.54) is 10.8 Å². The van der Waals surface area contributed by atoms with Crippen molar-refractivity contribution in [2.24, 2.45) is 0 Å². The minimum atomic E-state index is -2.85. The van der Waals surface area contributed by atoms with Gasteiger partial charge in [-0.1, -0.05) is 12.1 Å². The minimum absolute atomic E-state index is 0.0731. The molecule has 0 unspecified atom stereocenters. The lowest BCUT2D eigenvalue weighted by Gasteiger charge is -2.09. The predicted molar refractivity (Wildman–Crippen MR) is 90.4 cm³/mol. The average molecular weight is 371 g/mol. The summed E-state index contributed by atoms with van der Waals surface area (Å²) in [6.45, 7) is 0.114. The van der Waals surface area contributed by atoms with Crippen molar-refractivity contribution in [3.05, 3.63) is 75.0 Å². The number of aromatic amines is 1. The number of benzene rings is 1. The van der Waals surface area contributed by atoms with Crippen LogP contribution in [0, 0.1) is 0 Å². The summed E-state index contributed by atoms with van der Waals surface area (Å²) in [6, 6.07) is 9.90. The monoisotopic (exact) mass is 371 g/mol. The molecule has 8 nitrogen and oxygen atoms in total. The summed E-state index contributed by atoms with van der Waals surface area (Å²) in [7, 11) is 0. The largest absolute Gasteiger partial charge is 0.415 e. The Hall–Kier alpha value is -3.69. The maximum absolute atomic E-state index is 12.5. The molecule has 27 heavy (non-hydrogen) atoms. The standard InChI is InChI=1S/C17H11F2N5O3/c18-13(19)16-23-22-15(27-16)9-5-6-10(20-7-9)8-24-12-4-2-1-3-11(12)14(25)21-17(24)26/h1-7,13H,8H2,(H,21,25,26). The number of nitrogens with one attached hydrogen (secondary N) is 1. The average Bonchev–Trinajstić information content (AvgIpc) is 3.16. The van der Waals surface area contributed by atoms with Gasteiger partial charge >= 0.3 is 12.1 Å². The Morgan fingerprint density at radius 1 is 1.11 bits per heavy atom. The molecule has 0 amide bonds. The first-order valence-corrected chi connectivity index (χ1v) is 7.81. The maximum Gasteiger partial charge on any atom is 0.329 e. The second kappa shape index (κ2) is 6.56. The van der Waals surface area contributed by atoms with E-state index in [0.717, 1.165) is 0 Å². The molecule has 0 aliphatic rings. The van der Waals surface area contributed by atoms with Crippen molar-refractivity contribution < 1.29 is 13.2 Å². The summed E-state index contributed by atoms with van der Waals surface area (Å²) < 4.78 is 31.3.